The van der Waals surface area contributed by atoms with Gasteiger partial charge in [0.25, 0.3) is 16.0 Å². The summed E-state index contributed by atoms with van der Waals surface area (Å²) in [7, 11) is -3.67. The molecule has 0 radical (unpaired) electrons. The van der Waals surface area contributed by atoms with Crippen molar-refractivity contribution in [3.63, 3.8) is 0 Å². The predicted octanol–water partition coefficient (Wildman–Crippen LogP) is 2.80. The first-order chi connectivity index (χ1) is 18.4. The van der Waals surface area contributed by atoms with Crippen LogP contribution in [0.1, 0.15) is 48.3 Å². The van der Waals surface area contributed by atoms with Crippen LogP contribution in [-0.4, -0.2) is 83.7 Å². The number of carbonyl (C=O) groups excluding carboxylic acids is 1. The highest BCUT2D eigenvalue weighted by molar-refractivity contribution is 7.85. The quantitative estimate of drug-likeness (QED) is 0.302. The van der Waals surface area contributed by atoms with E-state index in [2.05, 4.69) is 15.4 Å². The minimum atomic E-state index is -3.67. The first-order valence-corrected chi connectivity index (χ1v) is 14.4. The lowest BCUT2D eigenvalue weighted by Gasteiger charge is -2.26. The number of hydrogen-bond donors (Lipinski definition) is 4. The molecule has 0 spiro atoms. The van der Waals surface area contributed by atoms with E-state index in [-0.39, 0.29) is 40.3 Å². The van der Waals surface area contributed by atoms with Gasteiger partial charge >= 0.3 is 0 Å². The molecule has 0 unspecified atom stereocenters. The van der Waals surface area contributed by atoms with E-state index in [0.717, 1.165) is 44.0 Å². The zero-order valence-electron chi connectivity index (χ0n) is 23.0. The van der Waals surface area contributed by atoms with Gasteiger partial charge in [0.05, 0.1) is 30.6 Å². The Hall–Kier alpha value is -3.49. The van der Waals surface area contributed by atoms with E-state index >= 15 is 0 Å². The normalized spacial score (nSPS) is 13.8. The number of amides is 1. The van der Waals surface area contributed by atoms with Crippen LogP contribution in [0.4, 0.5) is 0 Å². The van der Waals surface area contributed by atoms with Crippen LogP contribution in [0.15, 0.2) is 40.9 Å². The molecule has 1 amide bonds. The van der Waals surface area contributed by atoms with Gasteiger partial charge in [-0.15, -0.1) is 0 Å². The van der Waals surface area contributed by atoms with E-state index in [1.807, 2.05) is 45.0 Å². The molecule has 1 aliphatic heterocycles. The Labute approximate surface area is 233 Å². The third-order valence-electron chi connectivity index (χ3n) is 6.01. The van der Waals surface area contributed by atoms with Gasteiger partial charge in [-0.3, -0.25) is 14.2 Å². The third-order valence-corrected chi connectivity index (χ3v) is 6.01. The van der Waals surface area contributed by atoms with Crippen LogP contribution in [-0.2, 0) is 21.4 Å². The number of nitrogens with one attached hydrogen (secondary N) is 1. The second kappa shape index (κ2) is 14.2. The van der Waals surface area contributed by atoms with Crippen LogP contribution < -0.4 is 5.32 Å². The van der Waals surface area contributed by atoms with Crippen molar-refractivity contribution in [2.75, 3.05) is 39.1 Å². The molecule has 2 aromatic carbocycles. The molecule has 1 fully saturated rings. The van der Waals surface area contributed by atoms with E-state index in [4.69, 9.17) is 13.8 Å². The molecular formula is C27H37N3O9S. The number of phenols is 2. The van der Waals surface area contributed by atoms with E-state index in [9.17, 15) is 23.4 Å². The summed E-state index contributed by atoms with van der Waals surface area (Å²) in [4.78, 5) is 15.1. The highest BCUT2D eigenvalue weighted by atomic mass is 32.2. The lowest BCUT2D eigenvalue weighted by molar-refractivity contribution is 0.0342. The van der Waals surface area contributed by atoms with E-state index in [1.165, 1.54) is 6.07 Å². The molecule has 0 atom stereocenters. The summed E-state index contributed by atoms with van der Waals surface area (Å²) >= 11 is 0. The van der Waals surface area contributed by atoms with Crippen molar-refractivity contribution in [2.45, 2.75) is 33.2 Å². The van der Waals surface area contributed by atoms with Crippen LogP contribution >= 0.6 is 0 Å². The van der Waals surface area contributed by atoms with Crippen LogP contribution in [0.2, 0.25) is 0 Å². The molecule has 0 aliphatic carbocycles. The second-order valence-electron chi connectivity index (χ2n) is 9.50. The Kier molecular flexibility index (Phi) is 11.6. The smallest absolute Gasteiger partial charge is 0.274 e. The van der Waals surface area contributed by atoms with Crippen molar-refractivity contribution in [2.24, 2.45) is 0 Å². The maximum Gasteiger partial charge on any atom is 0.274 e. The zero-order chi connectivity index (χ0) is 28.7. The third kappa shape index (κ3) is 8.76. The number of ether oxygens (including phenoxy) is 1. The maximum absolute atomic E-state index is 12.8. The molecule has 0 bridgehead atoms. The number of hydrogen-bond acceptors (Lipinski definition) is 9. The van der Waals surface area contributed by atoms with Crippen LogP contribution in [0.25, 0.3) is 22.5 Å². The fourth-order valence-corrected chi connectivity index (χ4v) is 4.17. The van der Waals surface area contributed by atoms with Crippen molar-refractivity contribution < 1.29 is 42.7 Å². The molecule has 13 heteroatoms. The minimum Gasteiger partial charge on any atom is -0.508 e. The number of morpholine rings is 1. The van der Waals surface area contributed by atoms with Gasteiger partial charge in [-0.25, -0.2) is 0 Å². The predicted molar refractivity (Wildman–Crippen MR) is 150 cm³/mol. The average molecular weight is 580 g/mol. The van der Waals surface area contributed by atoms with Gasteiger partial charge < -0.3 is 30.3 Å². The van der Waals surface area contributed by atoms with E-state index < -0.39 is 10.1 Å². The number of aromatic nitrogens is 1. The Morgan fingerprint density at radius 3 is 2.25 bits per heavy atom. The number of rotatable bonds is 7. The molecule has 0 saturated carbocycles. The van der Waals surface area contributed by atoms with Crippen LogP contribution in [0.5, 0.6) is 11.5 Å². The molecular weight excluding hydrogens is 542 g/mol. The molecule has 40 heavy (non-hydrogen) atoms. The van der Waals surface area contributed by atoms with Gasteiger partial charge in [0.15, 0.2) is 11.5 Å². The number of carbonyl (C=O) groups is 1. The summed E-state index contributed by atoms with van der Waals surface area (Å²) in [6.07, 6.45) is 0.715. The Balaban J connectivity index is 0.000000858. The average Bonchev–Trinajstić information content (AvgIpc) is 3.29. The monoisotopic (exact) mass is 579 g/mol. The van der Waals surface area contributed by atoms with Gasteiger partial charge in [0.2, 0.25) is 0 Å². The number of benzene rings is 2. The summed E-state index contributed by atoms with van der Waals surface area (Å²) in [5.41, 5.74) is 3.59. The molecule has 2 heterocycles. The van der Waals surface area contributed by atoms with Gasteiger partial charge in [0, 0.05) is 32.2 Å². The van der Waals surface area contributed by atoms with Crippen molar-refractivity contribution >= 4 is 16.0 Å². The Bertz CT molecular complexity index is 1370. The molecule has 3 aromatic rings. The lowest BCUT2D eigenvalue weighted by atomic mass is 9.94. The van der Waals surface area contributed by atoms with Gasteiger partial charge in [-0.05, 0) is 35.6 Å². The summed E-state index contributed by atoms with van der Waals surface area (Å²) in [6, 6.07) is 10.9. The van der Waals surface area contributed by atoms with Gasteiger partial charge in [-0.1, -0.05) is 43.3 Å². The first-order valence-electron chi connectivity index (χ1n) is 12.5. The largest absolute Gasteiger partial charge is 0.508 e. The summed E-state index contributed by atoms with van der Waals surface area (Å²) in [6.45, 7) is 10.3. The summed E-state index contributed by atoms with van der Waals surface area (Å²) in [5.74, 6) is -0.193. The Morgan fingerprint density at radius 1 is 1.10 bits per heavy atom. The van der Waals surface area contributed by atoms with E-state index in [0.29, 0.717) is 29.5 Å². The summed E-state index contributed by atoms with van der Waals surface area (Å²) < 4.78 is 36.9. The lowest BCUT2D eigenvalue weighted by Crippen LogP contribution is -2.35. The number of phenolic OH excluding ortho intramolecular Hbond substituents is 2. The highest BCUT2D eigenvalue weighted by Gasteiger charge is 2.27. The SMILES string of the molecule is CCNC(=O)c1noc(-c2cc(C(C)C)c(O)cc2O)c1-c1ccc(CN2CCOCC2)cc1.CS(=O)(=O)O.O. The number of nitrogens with zero attached hydrogens (tertiary/aromatic N) is 2. The van der Waals surface area contributed by atoms with Gasteiger partial charge in [0.1, 0.15) is 11.5 Å². The molecule has 4 rings (SSSR count). The zero-order valence-corrected chi connectivity index (χ0v) is 23.8. The molecule has 12 nitrogen and oxygen atoms in total. The minimum absolute atomic E-state index is 0. The Morgan fingerprint density at radius 2 is 1.70 bits per heavy atom. The van der Waals surface area contributed by atoms with Crippen molar-refractivity contribution in [1.82, 2.24) is 15.4 Å². The molecule has 1 aromatic heterocycles. The van der Waals surface area contributed by atoms with E-state index in [1.54, 1.807) is 6.07 Å². The van der Waals surface area contributed by atoms with Crippen LogP contribution in [0, 0.1) is 0 Å². The molecule has 220 valence electrons. The molecule has 1 aliphatic rings. The maximum atomic E-state index is 12.8. The fourth-order valence-electron chi connectivity index (χ4n) is 4.17. The van der Waals surface area contributed by atoms with Crippen LogP contribution in [0.3, 0.4) is 0 Å². The van der Waals surface area contributed by atoms with Gasteiger partial charge in [-0.2, -0.15) is 8.42 Å². The highest BCUT2D eigenvalue weighted by Crippen LogP contribution is 2.43. The molecule has 1 saturated heterocycles. The first kappa shape index (κ1) is 32.7. The number of aromatic hydroxyl groups is 2. The van der Waals surface area contributed by atoms with Crippen molar-refractivity contribution in [3.05, 3.63) is 53.2 Å². The topological polar surface area (TPSA) is 194 Å². The fraction of sp³-hybridized carbons (Fsp3) is 0.407. The van der Waals surface area contributed by atoms with Crippen molar-refractivity contribution in [3.8, 4) is 33.9 Å². The second-order valence-corrected chi connectivity index (χ2v) is 11.0. The molecule has 6 N–H and O–H groups in total. The standard InChI is InChI=1S/C26H31N3O5.CH4O3S.H2O/c1-4-27-26(32)24-23(18-7-5-17(6-8-18)15-29-9-11-33-12-10-29)25(34-28-24)20-13-19(16(2)3)21(30)14-22(20)31;1-5(2,3)4;/h5-8,13-14,16,30-31H,4,9-12,15H2,1-3H3,(H,27,32);1H3,(H,2,3,4);1H2. The summed E-state index contributed by atoms with van der Waals surface area (Å²) in [5, 5.41) is 27.7. The van der Waals surface area contributed by atoms with Crippen molar-refractivity contribution in [1.29, 1.82) is 0 Å².